The van der Waals surface area contributed by atoms with E-state index >= 15 is 0 Å². The van der Waals surface area contributed by atoms with E-state index in [-0.39, 0.29) is 0 Å². The summed E-state index contributed by atoms with van der Waals surface area (Å²) in [6.45, 7) is 8.64. The van der Waals surface area contributed by atoms with Crippen LogP contribution in [0.1, 0.15) is 49.1 Å². The van der Waals surface area contributed by atoms with Crippen molar-refractivity contribution >= 4 is 0 Å². The van der Waals surface area contributed by atoms with Gasteiger partial charge in [0.25, 0.3) is 0 Å². The molecule has 1 saturated carbocycles. The minimum atomic E-state index is 0.422. The van der Waals surface area contributed by atoms with E-state index in [1.54, 1.807) is 0 Å². The summed E-state index contributed by atoms with van der Waals surface area (Å²) in [7, 11) is 0. The Hall–Kier alpha value is -1.79. The second-order valence-corrected chi connectivity index (χ2v) is 7.79. The van der Waals surface area contributed by atoms with Gasteiger partial charge in [0, 0.05) is 44.9 Å². The van der Waals surface area contributed by atoms with Gasteiger partial charge >= 0.3 is 0 Å². The summed E-state index contributed by atoms with van der Waals surface area (Å²) in [4.78, 5) is 7.07. The maximum atomic E-state index is 5.91. The van der Waals surface area contributed by atoms with E-state index in [2.05, 4.69) is 44.6 Å². The van der Waals surface area contributed by atoms with Crippen LogP contribution in [-0.4, -0.2) is 43.8 Å². The summed E-state index contributed by atoms with van der Waals surface area (Å²) >= 11 is 0. The maximum Gasteiger partial charge on any atom is 0.159 e. The fraction of sp³-hybridized carbons (Fsp3) is 0.650. The molecule has 0 bridgehead atoms. The average molecular weight is 355 g/mol. The Morgan fingerprint density at radius 1 is 1.23 bits per heavy atom. The first-order valence-electron chi connectivity index (χ1n) is 9.84. The number of hydrogen-bond acceptors (Lipinski definition) is 5. The Labute approximate surface area is 155 Å². The van der Waals surface area contributed by atoms with Gasteiger partial charge < -0.3 is 9.30 Å². The zero-order valence-electron chi connectivity index (χ0n) is 15.9. The third-order valence-electron chi connectivity index (χ3n) is 5.90. The first-order valence-corrected chi connectivity index (χ1v) is 9.84. The number of aromatic nitrogens is 4. The molecule has 0 amide bonds. The zero-order valence-corrected chi connectivity index (χ0v) is 15.9. The van der Waals surface area contributed by atoms with Crippen molar-refractivity contribution in [3.63, 3.8) is 0 Å². The number of nitrogens with zero attached hydrogens (tertiary/aromatic N) is 5. The number of aryl methyl sites for hydroxylation is 1. The zero-order chi connectivity index (χ0) is 17.9. The summed E-state index contributed by atoms with van der Waals surface area (Å²) in [5.74, 6) is 2.82. The maximum absolute atomic E-state index is 5.91. The lowest BCUT2D eigenvalue weighted by Gasteiger charge is -2.26. The first kappa shape index (κ1) is 17.6. The SMILES string of the molecule is Cc1cccnc1CN1CCn2c(COCC3CCC3)nnc2C[C@H]1C. The number of hydrogen-bond donors (Lipinski definition) is 0. The van der Waals surface area contributed by atoms with Crippen molar-refractivity contribution in [1.82, 2.24) is 24.6 Å². The van der Waals surface area contributed by atoms with Gasteiger partial charge in [-0.1, -0.05) is 12.5 Å². The monoisotopic (exact) mass is 355 g/mol. The van der Waals surface area contributed by atoms with Gasteiger partial charge in [-0.15, -0.1) is 10.2 Å². The van der Waals surface area contributed by atoms with Crippen LogP contribution in [0.2, 0.25) is 0 Å². The number of ether oxygens (including phenoxy) is 1. The van der Waals surface area contributed by atoms with Crippen molar-refractivity contribution in [2.45, 2.75) is 65.3 Å². The minimum Gasteiger partial charge on any atom is -0.373 e. The highest BCUT2D eigenvalue weighted by Crippen LogP contribution is 2.26. The van der Waals surface area contributed by atoms with Crippen LogP contribution in [0.4, 0.5) is 0 Å². The van der Waals surface area contributed by atoms with Crippen LogP contribution in [0.3, 0.4) is 0 Å². The van der Waals surface area contributed by atoms with Gasteiger partial charge in [0.1, 0.15) is 12.4 Å². The summed E-state index contributed by atoms with van der Waals surface area (Å²) in [5.41, 5.74) is 2.43. The van der Waals surface area contributed by atoms with Gasteiger partial charge in [0.2, 0.25) is 0 Å². The van der Waals surface area contributed by atoms with Crippen molar-refractivity contribution < 1.29 is 4.74 Å². The van der Waals surface area contributed by atoms with Gasteiger partial charge in [-0.25, -0.2) is 0 Å². The Bertz CT molecular complexity index is 740. The highest BCUT2D eigenvalue weighted by atomic mass is 16.5. The molecule has 2 aliphatic rings. The molecule has 0 aromatic carbocycles. The average Bonchev–Trinajstić information content (AvgIpc) is 2.89. The van der Waals surface area contributed by atoms with E-state index in [0.29, 0.717) is 12.6 Å². The molecule has 6 nitrogen and oxygen atoms in total. The second-order valence-electron chi connectivity index (χ2n) is 7.79. The van der Waals surface area contributed by atoms with Gasteiger partial charge in [0.15, 0.2) is 5.82 Å². The Kier molecular flexibility index (Phi) is 5.31. The molecular weight excluding hydrogens is 326 g/mol. The molecule has 6 heteroatoms. The quantitative estimate of drug-likeness (QED) is 0.797. The van der Waals surface area contributed by atoms with Crippen LogP contribution in [0, 0.1) is 12.8 Å². The molecule has 140 valence electrons. The van der Waals surface area contributed by atoms with Crippen LogP contribution < -0.4 is 0 Å². The van der Waals surface area contributed by atoms with Gasteiger partial charge in [-0.2, -0.15) is 0 Å². The summed E-state index contributed by atoms with van der Waals surface area (Å²) in [5, 5.41) is 8.84. The van der Waals surface area contributed by atoms with E-state index in [4.69, 9.17) is 4.74 Å². The highest BCUT2D eigenvalue weighted by molar-refractivity contribution is 5.17. The molecular formula is C20H29N5O. The first-order chi connectivity index (χ1) is 12.7. The van der Waals surface area contributed by atoms with Crippen LogP contribution in [0.25, 0.3) is 0 Å². The van der Waals surface area contributed by atoms with Crippen LogP contribution >= 0.6 is 0 Å². The Morgan fingerprint density at radius 2 is 2.12 bits per heavy atom. The molecule has 4 rings (SSSR count). The normalized spacial score (nSPS) is 21.2. The fourth-order valence-electron chi connectivity index (χ4n) is 3.82. The van der Waals surface area contributed by atoms with E-state index < -0.39 is 0 Å². The molecule has 1 aliphatic carbocycles. The lowest BCUT2D eigenvalue weighted by atomic mass is 9.86. The van der Waals surface area contributed by atoms with E-state index in [1.807, 2.05) is 12.3 Å². The minimum absolute atomic E-state index is 0.422. The molecule has 1 fully saturated rings. The number of pyridine rings is 1. The Balaban J connectivity index is 1.39. The summed E-state index contributed by atoms with van der Waals surface area (Å²) in [6, 6.07) is 4.56. The molecule has 0 spiro atoms. The largest absolute Gasteiger partial charge is 0.373 e. The molecule has 0 unspecified atom stereocenters. The van der Waals surface area contributed by atoms with Gasteiger partial charge in [-0.3, -0.25) is 9.88 Å². The molecule has 1 atom stereocenters. The topological polar surface area (TPSA) is 56.1 Å². The van der Waals surface area contributed by atoms with Gasteiger partial charge in [-0.05, 0) is 44.2 Å². The number of fused-ring (bicyclic) bond motifs is 1. The highest BCUT2D eigenvalue weighted by Gasteiger charge is 2.25. The van der Waals surface area contributed by atoms with Crippen LogP contribution in [0.15, 0.2) is 18.3 Å². The number of rotatable bonds is 6. The molecule has 0 N–H and O–H groups in total. The van der Waals surface area contributed by atoms with Gasteiger partial charge in [0.05, 0.1) is 5.69 Å². The lowest BCUT2D eigenvalue weighted by Crippen LogP contribution is -2.34. The summed E-state index contributed by atoms with van der Waals surface area (Å²) < 4.78 is 8.17. The fourth-order valence-corrected chi connectivity index (χ4v) is 3.82. The molecule has 26 heavy (non-hydrogen) atoms. The predicted octanol–water partition coefficient (Wildman–Crippen LogP) is 2.75. The lowest BCUT2D eigenvalue weighted by molar-refractivity contribution is 0.0542. The predicted molar refractivity (Wildman–Crippen MR) is 99.6 cm³/mol. The molecule has 0 radical (unpaired) electrons. The van der Waals surface area contributed by atoms with E-state index in [0.717, 1.165) is 50.2 Å². The standard InChI is InChI=1S/C20H29N5O/c1-15-5-4-8-21-18(15)12-24-9-10-25-19(11-16(24)2)22-23-20(25)14-26-13-17-6-3-7-17/h4-5,8,16-17H,3,6-7,9-14H2,1-2H3/t16-/m1/s1. The Morgan fingerprint density at radius 3 is 2.88 bits per heavy atom. The van der Waals surface area contributed by atoms with Crippen molar-refractivity contribution in [2.24, 2.45) is 5.92 Å². The van der Waals surface area contributed by atoms with Crippen molar-refractivity contribution in [2.75, 3.05) is 13.2 Å². The second kappa shape index (κ2) is 7.84. The van der Waals surface area contributed by atoms with Crippen LogP contribution in [-0.2, 0) is 30.9 Å². The molecule has 3 heterocycles. The van der Waals surface area contributed by atoms with Crippen molar-refractivity contribution in [1.29, 1.82) is 0 Å². The third kappa shape index (κ3) is 3.81. The van der Waals surface area contributed by atoms with E-state index in [9.17, 15) is 0 Å². The summed E-state index contributed by atoms with van der Waals surface area (Å²) in [6.07, 6.45) is 6.80. The molecule has 2 aromatic rings. The molecule has 2 aromatic heterocycles. The molecule has 0 saturated heterocycles. The van der Waals surface area contributed by atoms with Crippen molar-refractivity contribution in [3.8, 4) is 0 Å². The third-order valence-corrected chi connectivity index (χ3v) is 5.90. The smallest absolute Gasteiger partial charge is 0.159 e. The van der Waals surface area contributed by atoms with Crippen LogP contribution in [0.5, 0.6) is 0 Å². The van der Waals surface area contributed by atoms with E-state index in [1.165, 1.54) is 30.5 Å². The van der Waals surface area contributed by atoms with Crippen molar-refractivity contribution in [3.05, 3.63) is 41.2 Å². The molecule has 1 aliphatic heterocycles.